The van der Waals surface area contributed by atoms with E-state index in [1.807, 2.05) is 24.0 Å². The third-order valence-corrected chi connectivity index (χ3v) is 4.46. The van der Waals surface area contributed by atoms with Crippen molar-refractivity contribution in [2.24, 2.45) is 0 Å². The molecule has 0 aliphatic carbocycles. The molecule has 2 aromatic rings. The van der Waals surface area contributed by atoms with Crippen molar-refractivity contribution in [1.29, 1.82) is 0 Å². The van der Waals surface area contributed by atoms with Crippen LogP contribution in [0.15, 0.2) is 18.5 Å². The fraction of sp³-hybridized carbons (Fsp3) is 0.308. The van der Waals surface area contributed by atoms with Crippen molar-refractivity contribution in [2.45, 2.75) is 24.9 Å². The lowest BCUT2D eigenvalue weighted by Crippen LogP contribution is -1.99. The summed E-state index contributed by atoms with van der Waals surface area (Å²) in [6.07, 6.45) is 4.64. The molecule has 1 aliphatic heterocycles. The quantitative estimate of drug-likeness (QED) is 0.852. The van der Waals surface area contributed by atoms with Gasteiger partial charge in [-0.1, -0.05) is 19.1 Å². The predicted octanol–water partition coefficient (Wildman–Crippen LogP) is 3.51. The van der Waals surface area contributed by atoms with Crippen LogP contribution >= 0.6 is 24.0 Å². The molecule has 5 heteroatoms. The number of aryl methyl sites for hydroxylation is 1. The van der Waals surface area contributed by atoms with Crippen molar-refractivity contribution in [3.05, 3.63) is 39.9 Å². The molecule has 3 rings (SSSR count). The van der Waals surface area contributed by atoms with Crippen LogP contribution in [0.25, 0.3) is 11.4 Å². The Morgan fingerprint density at radius 1 is 1.44 bits per heavy atom. The van der Waals surface area contributed by atoms with Gasteiger partial charge in [-0.05, 0) is 18.1 Å². The Morgan fingerprint density at radius 2 is 2.33 bits per heavy atom. The van der Waals surface area contributed by atoms with Gasteiger partial charge in [0, 0.05) is 40.7 Å². The van der Waals surface area contributed by atoms with Gasteiger partial charge >= 0.3 is 0 Å². The fourth-order valence-corrected chi connectivity index (χ4v) is 3.58. The molecule has 0 aromatic carbocycles. The Labute approximate surface area is 115 Å². The molecule has 0 radical (unpaired) electrons. The van der Waals surface area contributed by atoms with E-state index in [4.69, 9.17) is 12.2 Å². The molecule has 0 fully saturated rings. The number of nitrogens with one attached hydrogen (secondary N) is 1. The summed E-state index contributed by atoms with van der Waals surface area (Å²) in [5.74, 6) is 2.86. The summed E-state index contributed by atoms with van der Waals surface area (Å²) >= 11 is 7.27. The summed E-state index contributed by atoms with van der Waals surface area (Å²) in [4.78, 5) is 12.1. The normalized spacial score (nSPS) is 13.6. The van der Waals surface area contributed by atoms with E-state index in [9.17, 15) is 0 Å². The summed E-state index contributed by atoms with van der Waals surface area (Å²) in [5, 5.41) is 0. The molecule has 0 saturated carbocycles. The average molecular weight is 275 g/mol. The molecule has 92 valence electrons. The average Bonchev–Trinajstić information content (AvgIpc) is 2.87. The van der Waals surface area contributed by atoms with Crippen LogP contribution in [0.2, 0.25) is 0 Å². The highest BCUT2D eigenvalue weighted by Gasteiger charge is 2.16. The molecule has 0 saturated heterocycles. The Balaban J connectivity index is 2.18. The van der Waals surface area contributed by atoms with E-state index in [-0.39, 0.29) is 0 Å². The number of hydrogen-bond acceptors (Lipinski definition) is 4. The molecule has 1 N–H and O–H groups in total. The van der Waals surface area contributed by atoms with Crippen LogP contribution in [0, 0.1) is 4.64 Å². The SMILES string of the molecule is CCc1cnccc1-c1nc(=S)c2c([nH]1)CSC2. The predicted molar refractivity (Wildman–Crippen MR) is 77.0 cm³/mol. The van der Waals surface area contributed by atoms with Crippen LogP contribution in [0.1, 0.15) is 23.7 Å². The molecule has 0 atom stereocenters. The standard InChI is InChI=1S/C13H13N3S2/c1-2-8-5-14-4-3-9(8)12-15-11-7-18-6-10(11)13(17)16-12/h3-5H,2,6-7H2,1H3,(H,15,16,17). The van der Waals surface area contributed by atoms with Gasteiger partial charge in [0.15, 0.2) is 0 Å². The smallest absolute Gasteiger partial charge is 0.139 e. The Kier molecular flexibility index (Phi) is 3.18. The van der Waals surface area contributed by atoms with Crippen molar-refractivity contribution in [1.82, 2.24) is 15.0 Å². The van der Waals surface area contributed by atoms with Crippen LogP contribution in [0.5, 0.6) is 0 Å². The molecular weight excluding hydrogens is 262 g/mol. The van der Waals surface area contributed by atoms with Crippen molar-refractivity contribution in [3.8, 4) is 11.4 Å². The third-order valence-electron chi connectivity index (χ3n) is 3.14. The number of nitrogens with zero attached hydrogens (tertiary/aromatic N) is 2. The van der Waals surface area contributed by atoms with Gasteiger partial charge in [0.1, 0.15) is 10.5 Å². The maximum atomic E-state index is 5.39. The molecule has 0 spiro atoms. The summed E-state index contributed by atoms with van der Waals surface area (Å²) in [6.45, 7) is 2.12. The number of H-pyrrole nitrogens is 1. The lowest BCUT2D eigenvalue weighted by Gasteiger charge is -2.08. The lowest BCUT2D eigenvalue weighted by atomic mass is 10.1. The minimum Gasteiger partial charge on any atom is -0.342 e. The highest BCUT2D eigenvalue weighted by atomic mass is 32.2. The lowest BCUT2D eigenvalue weighted by molar-refractivity contribution is 1.04. The monoisotopic (exact) mass is 275 g/mol. The van der Waals surface area contributed by atoms with Crippen LogP contribution in [0.3, 0.4) is 0 Å². The summed E-state index contributed by atoms with van der Waals surface area (Å²) in [5.41, 5.74) is 4.74. The highest BCUT2D eigenvalue weighted by molar-refractivity contribution is 7.98. The van der Waals surface area contributed by atoms with Gasteiger partial charge in [-0.25, -0.2) is 4.98 Å². The van der Waals surface area contributed by atoms with E-state index < -0.39 is 0 Å². The number of aromatic amines is 1. The minimum atomic E-state index is 0.739. The first-order valence-corrected chi connectivity index (χ1v) is 7.49. The fourth-order valence-electron chi connectivity index (χ4n) is 2.14. The number of pyridine rings is 1. The first-order chi connectivity index (χ1) is 8.79. The third kappa shape index (κ3) is 1.97. The Morgan fingerprint density at radius 3 is 3.17 bits per heavy atom. The summed E-state index contributed by atoms with van der Waals surface area (Å²) in [7, 11) is 0. The van der Waals surface area contributed by atoms with E-state index in [0.29, 0.717) is 0 Å². The van der Waals surface area contributed by atoms with Gasteiger partial charge in [0.25, 0.3) is 0 Å². The molecule has 3 nitrogen and oxygen atoms in total. The minimum absolute atomic E-state index is 0.739. The second kappa shape index (κ2) is 4.82. The van der Waals surface area contributed by atoms with Gasteiger partial charge in [-0.15, -0.1) is 0 Å². The van der Waals surface area contributed by atoms with E-state index in [1.54, 1.807) is 6.20 Å². The van der Waals surface area contributed by atoms with E-state index in [0.717, 1.165) is 34.0 Å². The van der Waals surface area contributed by atoms with Gasteiger partial charge in [0.2, 0.25) is 0 Å². The van der Waals surface area contributed by atoms with Crippen LogP contribution in [-0.2, 0) is 17.9 Å². The zero-order chi connectivity index (χ0) is 12.5. The van der Waals surface area contributed by atoms with Gasteiger partial charge in [-0.2, -0.15) is 11.8 Å². The molecular formula is C13H13N3S2. The van der Waals surface area contributed by atoms with E-state index in [2.05, 4.69) is 21.9 Å². The maximum absolute atomic E-state index is 5.39. The second-order valence-corrected chi connectivity index (χ2v) is 5.60. The highest BCUT2D eigenvalue weighted by Crippen LogP contribution is 2.30. The largest absolute Gasteiger partial charge is 0.342 e. The summed E-state index contributed by atoms with van der Waals surface area (Å²) in [6, 6.07) is 2.00. The van der Waals surface area contributed by atoms with Gasteiger partial charge < -0.3 is 4.98 Å². The number of aromatic nitrogens is 3. The first kappa shape index (κ1) is 11.9. The molecule has 0 bridgehead atoms. The Hall–Kier alpha value is -1.20. The molecule has 0 unspecified atom stereocenters. The number of rotatable bonds is 2. The Bertz CT molecular complexity index is 649. The molecule has 0 amide bonds. The van der Waals surface area contributed by atoms with Crippen LogP contribution < -0.4 is 0 Å². The van der Waals surface area contributed by atoms with E-state index in [1.165, 1.54) is 16.8 Å². The molecule has 18 heavy (non-hydrogen) atoms. The van der Waals surface area contributed by atoms with Gasteiger partial charge in [0.05, 0.1) is 0 Å². The molecule has 3 heterocycles. The van der Waals surface area contributed by atoms with E-state index >= 15 is 0 Å². The number of thioether (sulfide) groups is 1. The number of hydrogen-bond donors (Lipinski definition) is 1. The van der Waals surface area contributed by atoms with Crippen molar-refractivity contribution in [2.75, 3.05) is 0 Å². The topological polar surface area (TPSA) is 41.6 Å². The van der Waals surface area contributed by atoms with Crippen LogP contribution in [0.4, 0.5) is 0 Å². The van der Waals surface area contributed by atoms with Crippen molar-refractivity contribution < 1.29 is 0 Å². The zero-order valence-electron chi connectivity index (χ0n) is 10.1. The number of fused-ring (bicyclic) bond motifs is 1. The van der Waals surface area contributed by atoms with Crippen molar-refractivity contribution >= 4 is 24.0 Å². The molecule has 2 aromatic heterocycles. The summed E-state index contributed by atoms with van der Waals surface area (Å²) < 4.78 is 0.739. The van der Waals surface area contributed by atoms with Gasteiger partial charge in [-0.3, -0.25) is 4.98 Å². The molecule has 1 aliphatic rings. The first-order valence-electron chi connectivity index (χ1n) is 5.92. The second-order valence-electron chi connectivity index (χ2n) is 4.23. The maximum Gasteiger partial charge on any atom is 0.139 e. The van der Waals surface area contributed by atoms with Crippen molar-refractivity contribution in [3.63, 3.8) is 0 Å². The van der Waals surface area contributed by atoms with Crippen LogP contribution in [-0.4, -0.2) is 15.0 Å². The zero-order valence-corrected chi connectivity index (χ0v) is 11.7.